The molecule has 0 bridgehead atoms. The summed E-state index contributed by atoms with van der Waals surface area (Å²) in [5.41, 5.74) is 0.0643. The third-order valence-electron chi connectivity index (χ3n) is 5.77. The normalized spacial score (nSPS) is 12.8. The van der Waals surface area contributed by atoms with Crippen LogP contribution in [0, 0.1) is 5.95 Å². The molecule has 2 aromatic heterocycles. The van der Waals surface area contributed by atoms with E-state index in [1.165, 1.54) is 35.7 Å². The Labute approximate surface area is 227 Å². The van der Waals surface area contributed by atoms with Gasteiger partial charge in [-0.1, -0.05) is 35.6 Å². The van der Waals surface area contributed by atoms with E-state index < -0.39 is 35.4 Å². The number of hydrogen-bond donors (Lipinski definition) is 1. The first-order valence-corrected chi connectivity index (χ1v) is 13.0. The van der Waals surface area contributed by atoms with Gasteiger partial charge in [0, 0.05) is 37.4 Å². The molecule has 2 aromatic carbocycles. The van der Waals surface area contributed by atoms with E-state index in [9.17, 15) is 22.4 Å². The van der Waals surface area contributed by atoms with Crippen molar-refractivity contribution < 1.29 is 27.1 Å². The molecule has 0 spiro atoms. The van der Waals surface area contributed by atoms with Gasteiger partial charge >= 0.3 is 12.3 Å². The number of aromatic nitrogens is 2. The van der Waals surface area contributed by atoms with Crippen LogP contribution in [0.4, 0.5) is 27.5 Å². The number of carbonyl (C=O) groups is 1. The molecule has 0 radical (unpaired) electrons. The molecule has 11 heteroatoms. The summed E-state index contributed by atoms with van der Waals surface area (Å²) in [6.45, 7) is 5.57. The topological polar surface area (TPSA) is 67.4 Å². The zero-order valence-corrected chi connectivity index (χ0v) is 22.7. The van der Waals surface area contributed by atoms with Crippen LogP contribution in [0.2, 0.25) is 0 Å². The number of carbonyl (C=O) groups excluding carboxylic acids is 1. The van der Waals surface area contributed by atoms with E-state index >= 15 is 0 Å². The molecule has 0 saturated heterocycles. The molecular weight excluding hydrogens is 532 g/mol. The minimum absolute atomic E-state index is 0.282. The molecule has 39 heavy (non-hydrogen) atoms. The molecule has 206 valence electrons. The first-order chi connectivity index (χ1) is 18.3. The number of nitrogens with one attached hydrogen (secondary N) is 1. The summed E-state index contributed by atoms with van der Waals surface area (Å²) in [5.74, 6) is -0.555. The Hall–Kier alpha value is -3.73. The molecule has 0 fully saturated rings. The highest BCUT2D eigenvalue weighted by Gasteiger charge is 2.30. The van der Waals surface area contributed by atoms with Crippen LogP contribution in [-0.2, 0) is 17.3 Å². The molecular formula is C28H28F4N4O2S. The molecule has 0 saturated carbocycles. The minimum Gasteiger partial charge on any atom is -0.444 e. The number of amides is 1. The van der Waals surface area contributed by atoms with Gasteiger partial charge in [0.2, 0.25) is 5.95 Å². The van der Waals surface area contributed by atoms with Crippen molar-refractivity contribution in [2.24, 2.45) is 0 Å². The van der Waals surface area contributed by atoms with Crippen LogP contribution in [0.15, 0.2) is 60.9 Å². The second kappa shape index (κ2) is 11.2. The maximum absolute atomic E-state index is 13.6. The molecule has 2 heterocycles. The van der Waals surface area contributed by atoms with Gasteiger partial charge in [-0.05, 0) is 61.9 Å². The van der Waals surface area contributed by atoms with Gasteiger partial charge in [0.15, 0.2) is 5.13 Å². The Bertz CT molecular complexity index is 1450. The van der Waals surface area contributed by atoms with Crippen molar-refractivity contribution >= 4 is 33.3 Å². The van der Waals surface area contributed by atoms with E-state index in [-0.39, 0.29) is 6.42 Å². The maximum Gasteiger partial charge on any atom is 0.416 e. The average Bonchev–Trinajstić information content (AvgIpc) is 3.32. The van der Waals surface area contributed by atoms with E-state index in [1.54, 1.807) is 27.0 Å². The number of benzene rings is 2. The van der Waals surface area contributed by atoms with E-state index in [2.05, 4.69) is 15.3 Å². The van der Waals surface area contributed by atoms with E-state index in [1.807, 2.05) is 30.1 Å². The molecule has 1 N–H and O–H groups in total. The summed E-state index contributed by atoms with van der Waals surface area (Å²) in [4.78, 5) is 23.5. The lowest BCUT2D eigenvalue weighted by molar-refractivity contribution is -0.137. The highest BCUT2D eigenvalue weighted by Crippen LogP contribution is 2.33. The molecule has 4 aromatic rings. The first-order valence-electron chi connectivity index (χ1n) is 12.2. The van der Waals surface area contributed by atoms with Gasteiger partial charge < -0.3 is 15.0 Å². The number of pyridine rings is 1. The Morgan fingerprint density at radius 1 is 1.03 bits per heavy atom. The van der Waals surface area contributed by atoms with Crippen LogP contribution in [0.25, 0.3) is 21.2 Å². The number of fused-ring (bicyclic) bond motifs is 1. The third-order valence-corrected chi connectivity index (χ3v) is 6.93. The van der Waals surface area contributed by atoms with Gasteiger partial charge in [0.1, 0.15) is 5.60 Å². The van der Waals surface area contributed by atoms with Crippen LogP contribution >= 0.6 is 11.3 Å². The van der Waals surface area contributed by atoms with Crippen molar-refractivity contribution in [3.8, 4) is 10.4 Å². The van der Waals surface area contributed by atoms with Crippen LogP contribution in [0.5, 0.6) is 0 Å². The number of halogens is 4. The molecule has 1 atom stereocenters. The first kappa shape index (κ1) is 28.3. The Morgan fingerprint density at radius 3 is 2.41 bits per heavy atom. The number of nitrogens with zero attached hydrogens (tertiary/aromatic N) is 3. The minimum atomic E-state index is -4.43. The zero-order chi connectivity index (χ0) is 28.4. The van der Waals surface area contributed by atoms with Crippen LogP contribution in [0.3, 0.4) is 0 Å². The summed E-state index contributed by atoms with van der Waals surface area (Å²) in [7, 11) is 1.82. The number of likely N-dealkylation sites (N-methyl/N-ethyl adjacent to an activating group) is 1. The number of ether oxygens (including phenoxy) is 1. The highest BCUT2D eigenvalue weighted by molar-refractivity contribution is 7.18. The van der Waals surface area contributed by atoms with Crippen molar-refractivity contribution in [2.45, 2.75) is 45.0 Å². The van der Waals surface area contributed by atoms with E-state index in [0.717, 1.165) is 33.3 Å². The van der Waals surface area contributed by atoms with Crippen molar-refractivity contribution in [2.75, 3.05) is 18.5 Å². The van der Waals surface area contributed by atoms with Gasteiger partial charge in [-0.25, -0.2) is 14.8 Å². The lowest BCUT2D eigenvalue weighted by Crippen LogP contribution is -2.46. The standard InChI is InChI=1S/C28H28F4N4O2S/c1-27(2,3)38-26(37)35-22(11-17-5-9-21(10-6-17)28(30,31)32)16-36(4)25-34-15-23(39-25)18-7-8-19-14-33-24(29)13-20(19)12-18/h5-10,12-15,22H,11,16H2,1-4H3,(H,35,37). The fourth-order valence-corrected chi connectivity index (χ4v) is 4.88. The van der Waals surface area contributed by atoms with Crippen molar-refractivity contribution in [1.82, 2.24) is 15.3 Å². The number of anilines is 1. The van der Waals surface area contributed by atoms with Gasteiger partial charge in [0.25, 0.3) is 0 Å². The number of thiazole rings is 1. The lowest BCUT2D eigenvalue weighted by Gasteiger charge is -2.27. The Balaban J connectivity index is 1.51. The lowest BCUT2D eigenvalue weighted by atomic mass is 10.0. The van der Waals surface area contributed by atoms with Gasteiger partial charge in [-0.3, -0.25) is 0 Å². The Kier molecular flexibility index (Phi) is 8.10. The largest absolute Gasteiger partial charge is 0.444 e. The van der Waals surface area contributed by atoms with Crippen molar-refractivity contribution in [3.63, 3.8) is 0 Å². The SMILES string of the molecule is CN(CC(Cc1ccc(C(F)(F)F)cc1)NC(=O)OC(C)(C)C)c1ncc(-c2ccc3cnc(F)cc3c2)s1. The van der Waals surface area contributed by atoms with Crippen LogP contribution < -0.4 is 10.2 Å². The fraction of sp³-hybridized carbons (Fsp3) is 0.321. The number of alkyl halides is 3. The molecule has 0 aliphatic carbocycles. The smallest absolute Gasteiger partial charge is 0.416 e. The van der Waals surface area contributed by atoms with Gasteiger partial charge in [-0.15, -0.1) is 0 Å². The molecule has 6 nitrogen and oxygen atoms in total. The highest BCUT2D eigenvalue weighted by atomic mass is 32.1. The molecule has 0 aliphatic rings. The number of alkyl carbamates (subject to hydrolysis) is 1. The van der Waals surface area contributed by atoms with Crippen LogP contribution in [0.1, 0.15) is 31.9 Å². The molecule has 0 aliphatic heterocycles. The van der Waals surface area contributed by atoms with Crippen molar-refractivity contribution in [3.05, 3.63) is 78.0 Å². The predicted octanol–water partition coefficient (Wildman–Crippen LogP) is 7.09. The molecule has 1 amide bonds. The summed E-state index contributed by atoms with van der Waals surface area (Å²) >= 11 is 1.43. The fourth-order valence-electron chi connectivity index (χ4n) is 4.00. The Morgan fingerprint density at radius 2 is 1.74 bits per heavy atom. The zero-order valence-electron chi connectivity index (χ0n) is 21.8. The maximum atomic E-state index is 13.6. The summed E-state index contributed by atoms with van der Waals surface area (Å²) in [5, 5.41) is 5.06. The predicted molar refractivity (Wildman–Crippen MR) is 144 cm³/mol. The second-order valence-corrected chi connectivity index (χ2v) is 11.2. The van der Waals surface area contributed by atoms with Crippen molar-refractivity contribution in [1.29, 1.82) is 0 Å². The number of hydrogen-bond acceptors (Lipinski definition) is 6. The van der Waals surface area contributed by atoms with Crippen LogP contribution in [-0.4, -0.2) is 41.3 Å². The van der Waals surface area contributed by atoms with E-state index in [0.29, 0.717) is 17.2 Å². The summed E-state index contributed by atoms with van der Waals surface area (Å²) in [6.07, 6.45) is -1.56. The quantitative estimate of drug-likeness (QED) is 0.193. The molecule has 4 rings (SSSR count). The monoisotopic (exact) mass is 560 g/mol. The van der Waals surface area contributed by atoms with E-state index in [4.69, 9.17) is 4.74 Å². The average molecular weight is 561 g/mol. The summed E-state index contributed by atoms with van der Waals surface area (Å²) < 4.78 is 58.0. The summed E-state index contributed by atoms with van der Waals surface area (Å²) in [6, 6.07) is 11.4. The molecule has 1 unspecified atom stereocenters. The number of rotatable bonds is 7. The second-order valence-electron chi connectivity index (χ2n) is 10.2. The third kappa shape index (κ3) is 7.66. The van der Waals surface area contributed by atoms with Gasteiger partial charge in [-0.2, -0.15) is 17.6 Å². The van der Waals surface area contributed by atoms with Gasteiger partial charge in [0.05, 0.1) is 16.5 Å².